The first-order valence-electron chi connectivity index (χ1n) is 11.5. The fourth-order valence-electron chi connectivity index (χ4n) is 4.96. The molecule has 0 aromatic rings. The van der Waals surface area contributed by atoms with Crippen LogP contribution < -0.4 is 0 Å². The van der Waals surface area contributed by atoms with E-state index in [1.165, 1.54) is 71.3 Å². The molecule has 2 rings (SSSR count). The zero-order valence-electron chi connectivity index (χ0n) is 17.7. The lowest BCUT2D eigenvalue weighted by Gasteiger charge is -2.37. The van der Waals surface area contributed by atoms with Gasteiger partial charge in [0.2, 0.25) is 5.91 Å². The second-order valence-corrected chi connectivity index (χ2v) is 8.72. The molecule has 0 saturated heterocycles. The number of nitrogens with zero attached hydrogens (tertiary/aromatic N) is 1. The van der Waals surface area contributed by atoms with E-state index in [4.69, 9.17) is 4.74 Å². The van der Waals surface area contributed by atoms with Crippen molar-refractivity contribution in [1.29, 1.82) is 0 Å². The van der Waals surface area contributed by atoms with E-state index in [1.807, 2.05) is 0 Å². The predicted molar refractivity (Wildman–Crippen MR) is 109 cm³/mol. The molecule has 156 valence electrons. The van der Waals surface area contributed by atoms with Crippen molar-refractivity contribution in [2.75, 3.05) is 13.7 Å². The Balaban J connectivity index is 1.96. The third kappa shape index (κ3) is 7.46. The Morgan fingerprint density at radius 1 is 0.926 bits per heavy atom. The first-order valence-corrected chi connectivity index (χ1v) is 11.5. The zero-order valence-corrected chi connectivity index (χ0v) is 17.7. The van der Waals surface area contributed by atoms with Crippen LogP contribution in [0.4, 0.5) is 0 Å². The fraction of sp³-hybridized carbons (Fsp3) is 0.913. The summed E-state index contributed by atoms with van der Waals surface area (Å²) in [6, 6.07) is 0.320. The molecule has 0 aliphatic heterocycles. The summed E-state index contributed by atoms with van der Waals surface area (Å²) >= 11 is 0. The van der Waals surface area contributed by atoms with Crippen molar-refractivity contribution in [2.45, 2.75) is 109 Å². The van der Waals surface area contributed by atoms with Gasteiger partial charge in [0.15, 0.2) is 0 Å². The maximum absolute atomic E-state index is 13.4. The smallest absolute Gasteiger partial charge is 0.307 e. The molecule has 0 bridgehead atoms. The average Bonchev–Trinajstić information content (AvgIpc) is 2.67. The minimum atomic E-state index is -0.207. The Morgan fingerprint density at radius 3 is 2.15 bits per heavy atom. The van der Waals surface area contributed by atoms with Gasteiger partial charge in [-0.05, 0) is 44.4 Å². The number of hydrogen-bond donors (Lipinski definition) is 0. The number of hydrogen-bond acceptors (Lipinski definition) is 3. The number of rotatable bonds is 8. The average molecular weight is 380 g/mol. The minimum absolute atomic E-state index is 0.172. The Kier molecular flexibility index (Phi) is 10.2. The van der Waals surface area contributed by atoms with Crippen molar-refractivity contribution in [3.63, 3.8) is 0 Å². The highest BCUT2D eigenvalue weighted by Gasteiger charge is 2.32. The van der Waals surface area contributed by atoms with Gasteiger partial charge >= 0.3 is 5.97 Å². The third-order valence-electron chi connectivity index (χ3n) is 6.74. The van der Waals surface area contributed by atoms with Crippen molar-refractivity contribution in [2.24, 2.45) is 11.8 Å². The van der Waals surface area contributed by atoms with Crippen molar-refractivity contribution in [3.8, 4) is 0 Å². The zero-order chi connectivity index (χ0) is 19.5. The first-order chi connectivity index (χ1) is 13.2. The molecule has 2 aliphatic carbocycles. The summed E-state index contributed by atoms with van der Waals surface area (Å²) < 4.78 is 4.83. The van der Waals surface area contributed by atoms with Gasteiger partial charge in [0, 0.05) is 18.5 Å². The Labute approximate surface area is 166 Å². The second kappa shape index (κ2) is 12.4. The molecule has 4 heteroatoms. The van der Waals surface area contributed by atoms with Crippen molar-refractivity contribution in [1.82, 2.24) is 4.90 Å². The molecular weight excluding hydrogens is 338 g/mol. The molecular formula is C23H41NO3. The normalized spacial score (nSPS) is 24.7. The van der Waals surface area contributed by atoms with Gasteiger partial charge in [-0.15, -0.1) is 0 Å². The van der Waals surface area contributed by atoms with E-state index in [1.54, 1.807) is 0 Å². The number of unbranched alkanes of at least 4 members (excludes halogenated alkanes) is 1. The highest BCUT2D eigenvalue weighted by molar-refractivity contribution is 5.80. The summed E-state index contributed by atoms with van der Waals surface area (Å²) in [4.78, 5) is 27.2. The van der Waals surface area contributed by atoms with Gasteiger partial charge in [-0.2, -0.15) is 0 Å². The van der Waals surface area contributed by atoms with Crippen molar-refractivity contribution in [3.05, 3.63) is 0 Å². The number of methoxy groups -OCH3 is 1. The van der Waals surface area contributed by atoms with E-state index >= 15 is 0 Å². The maximum Gasteiger partial charge on any atom is 0.307 e. The highest BCUT2D eigenvalue weighted by Crippen LogP contribution is 2.34. The van der Waals surface area contributed by atoms with Gasteiger partial charge < -0.3 is 9.64 Å². The SMILES string of the molecule is CCCCC1CCC(C(=O)N(CCC(=O)OC)C2CCCCCCC2)CC1. The van der Waals surface area contributed by atoms with Crippen LogP contribution in [0.3, 0.4) is 0 Å². The maximum atomic E-state index is 13.4. The molecule has 2 saturated carbocycles. The molecule has 0 radical (unpaired) electrons. The minimum Gasteiger partial charge on any atom is -0.469 e. The van der Waals surface area contributed by atoms with Gasteiger partial charge in [0.25, 0.3) is 0 Å². The number of carbonyl (C=O) groups is 2. The summed E-state index contributed by atoms with van der Waals surface area (Å²) in [6.45, 7) is 2.79. The molecule has 0 heterocycles. The molecule has 2 fully saturated rings. The summed E-state index contributed by atoms with van der Waals surface area (Å²) in [7, 11) is 1.43. The van der Waals surface area contributed by atoms with E-state index in [0.29, 0.717) is 24.9 Å². The molecule has 27 heavy (non-hydrogen) atoms. The van der Waals surface area contributed by atoms with Crippen molar-refractivity contribution >= 4 is 11.9 Å². The summed E-state index contributed by atoms with van der Waals surface area (Å²) in [5.41, 5.74) is 0. The van der Waals surface area contributed by atoms with Gasteiger partial charge in [0.1, 0.15) is 0 Å². The molecule has 0 N–H and O–H groups in total. The van der Waals surface area contributed by atoms with E-state index in [9.17, 15) is 9.59 Å². The largest absolute Gasteiger partial charge is 0.469 e. The standard InChI is InChI=1S/C23H41NO3/c1-3-4-10-19-13-15-20(16-14-19)23(26)24(18-17-22(25)27-2)21-11-8-6-5-7-9-12-21/h19-21H,3-18H2,1-2H3. The summed E-state index contributed by atoms with van der Waals surface area (Å²) in [5.74, 6) is 1.10. The van der Waals surface area contributed by atoms with Crippen LogP contribution in [-0.2, 0) is 14.3 Å². The molecule has 0 spiro atoms. The topological polar surface area (TPSA) is 46.6 Å². The van der Waals surface area contributed by atoms with Crippen LogP contribution in [0.15, 0.2) is 0 Å². The Morgan fingerprint density at radius 2 is 1.56 bits per heavy atom. The van der Waals surface area contributed by atoms with Gasteiger partial charge in [-0.25, -0.2) is 0 Å². The number of esters is 1. The van der Waals surface area contributed by atoms with Crippen LogP contribution in [0.1, 0.15) is 103 Å². The van der Waals surface area contributed by atoms with Gasteiger partial charge in [-0.1, -0.05) is 58.3 Å². The molecule has 0 atom stereocenters. The lowest BCUT2D eigenvalue weighted by atomic mass is 9.79. The van der Waals surface area contributed by atoms with E-state index in [2.05, 4.69) is 11.8 Å². The van der Waals surface area contributed by atoms with Crippen molar-refractivity contribution < 1.29 is 14.3 Å². The number of ether oxygens (including phenoxy) is 1. The molecule has 0 aromatic carbocycles. The van der Waals surface area contributed by atoms with Crippen LogP contribution in [0.2, 0.25) is 0 Å². The van der Waals surface area contributed by atoms with Gasteiger partial charge in [-0.3, -0.25) is 9.59 Å². The van der Waals surface area contributed by atoms with Crippen LogP contribution in [-0.4, -0.2) is 36.5 Å². The first kappa shape index (κ1) is 22.2. The fourth-order valence-corrected chi connectivity index (χ4v) is 4.96. The number of amides is 1. The van der Waals surface area contributed by atoms with E-state index < -0.39 is 0 Å². The van der Waals surface area contributed by atoms with Crippen LogP contribution >= 0.6 is 0 Å². The number of carbonyl (C=O) groups excluding carboxylic acids is 2. The summed E-state index contributed by atoms with van der Waals surface area (Å²) in [5, 5.41) is 0. The molecule has 1 amide bonds. The second-order valence-electron chi connectivity index (χ2n) is 8.72. The predicted octanol–water partition coefficient (Wildman–Crippen LogP) is 5.49. The Hall–Kier alpha value is -1.06. The molecule has 0 aromatic heterocycles. The quantitative estimate of drug-likeness (QED) is 0.524. The monoisotopic (exact) mass is 379 g/mol. The lowest BCUT2D eigenvalue weighted by molar-refractivity contribution is -0.144. The lowest BCUT2D eigenvalue weighted by Crippen LogP contribution is -2.45. The van der Waals surface area contributed by atoms with Gasteiger partial charge in [0.05, 0.1) is 13.5 Å². The van der Waals surface area contributed by atoms with Crippen LogP contribution in [0.25, 0.3) is 0 Å². The Bertz CT molecular complexity index is 435. The highest BCUT2D eigenvalue weighted by atomic mass is 16.5. The molecule has 0 unspecified atom stereocenters. The van der Waals surface area contributed by atoms with Crippen LogP contribution in [0.5, 0.6) is 0 Å². The van der Waals surface area contributed by atoms with E-state index in [0.717, 1.165) is 31.6 Å². The molecule has 2 aliphatic rings. The third-order valence-corrected chi connectivity index (χ3v) is 6.74. The van der Waals surface area contributed by atoms with Crippen LogP contribution in [0, 0.1) is 11.8 Å². The summed E-state index contributed by atoms with van der Waals surface area (Å²) in [6.07, 6.45) is 17.2. The molecule has 4 nitrogen and oxygen atoms in total. The van der Waals surface area contributed by atoms with E-state index in [-0.39, 0.29) is 11.9 Å².